The summed E-state index contributed by atoms with van der Waals surface area (Å²) in [5.41, 5.74) is 0.870. The molecule has 2 aliphatic heterocycles. The molecule has 0 aliphatic carbocycles. The predicted molar refractivity (Wildman–Crippen MR) is 63.0 cm³/mol. The third-order valence-electron chi connectivity index (χ3n) is 3.85. The first kappa shape index (κ1) is 11.4. The zero-order chi connectivity index (χ0) is 11.1. The summed E-state index contributed by atoms with van der Waals surface area (Å²) in [6, 6.07) is 0. The van der Waals surface area contributed by atoms with E-state index >= 15 is 0 Å². The highest BCUT2D eigenvalue weighted by molar-refractivity contribution is 5.06. The first-order valence-corrected chi connectivity index (χ1v) is 6.30. The van der Waals surface area contributed by atoms with Gasteiger partial charge in [-0.1, -0.05) is 13.8 Å². The van der Waals surface area contributed by atoms with Crippen molar-refractivity contribution in [2.45, 2.75) is 58.6 Å². The second-order valence-electron chi connectivity index (χ2n) is 6.45. The molecular formula is C13H25NO. The Kier molecular flexibility index (Phi) is 2.85. The van der Waals surface area contributed by atoms with Crippen LogP contribution >= 0.6 is 0 Å². The minimum atomic E-state index is 0.366. The van der Waals surface area contributed by atoms with E-state index in [9.17, 15) is 0 Å². The summed E-state index contributed by atoms with van der Waals surface area (Å²) in [5.74, 6) is 0. The van der Waals surface area contributed by atoms with Crippen LogP contribution in [0.3, 0.4) is 0 Å². The van der Waals surface area contributed by atoms with Crippen molar-refractivity contribution in [3.8, 4) is 0 Å². The average Bonchev–Trinajstić information content (AvgIpc) is 2.53. The third-order valence-corrected chi connectivity index (χ3v) is 3.85. The fourth-order valence-corrected chi connectivity index (χ4v) is 3.44. The lowest BCUT2D eigenvalue weighted by Gasteiger charge is -2.32. The molecule has 0 bridgehead atoms. The molecule has 0 aromatic heterocycles. The van der Waals surface area contributed by atoms with Gasteiger partial charge in [0.15, 0.2) is 0 Å². The Labute approximate surface area is 94.0 Å². The van der Waals surface area contributed by atoms with Crippen molar-refractivity contribution < 1.29 is 4.74 Å². The molecule has 88 valence electrons. The van der Waals surface area contributed by atoms with Crippen LogP contribution in [0.4, 0.5) is 0 Å². The summed E-state index contributed by atoms with van der Waals surface area (Å²) >= 11 is 0. The van der Waals surface area contributed by atoms with Gasteiger partial charge in [-0.2, -0.15) is 0 Å². The largest absolute Gasteiger partial charge is 0.377 e. The highest BCUT2D eigenvalue weighted by atomic mass is 16.5. The number of hydrogen-bond donors (Lipinski definition) is 0. The molecule has 0 saturated carbocycles. The molecule has 2 saturated heterocycles. The Hall–Kier alpha value is -0.0800. The van der Waals surface area contributed by atoms with E-state index in [2.05, 4.69) is 32.6 Å². The lowest BCUT2D eigenvalue weighted by atomic mass is 9.83. The molecule has 0 aromatic carbocycles. The number of ether oxygens (including phenoxy) is 1. The fourth-order valence-electron chi connectivity index (χ4n) is 3.44. The maximum absolute atomic E-state index is 5.88. The van der Waals surface area contributed by atoms with Gasteiger partial charge in [0.1, 0.15) is 0 Å². The van der Waals surface area contributed by atoms with Gasteiger partial charge in [0.05, 0.1) is 12.7 Å². The van der Waals surface area contributed by atoms with Crippen LogP contribution in [0.5, 0.6) is 0 Å². The van der Waals surface area contributed by atoms with Crippen molar-refractivity contribution in [1.82, 2.24) is 4.90 Å². The Morgan fingerprint density at radius 1 is 1.33 bits per heavy atom. The van der Waals surface area contributed by atoms with Gasteiger partial charge in [-0.05, 0) is 45.1 Å². The van der Waals surface area contributed by atoms with Gasteiger partial charge >= 0.3 is 0 Å². The highest BCUT2D eigenvalue weighted by Gasteiger charge is 2.51. The SMILES string of the molecule is CC(C)OC[C@@]12CCCN1CC(C)(C)C2. The van der Waals surface area contributed by atoms with Crippen LogP contribution in [0.1, 0.15) is 47.0 Å². The Bertz CT molecular complexity index is 237. The molecule has 2 heterocycles. The van der Waals surface area contributed by atoms with Gasteiger partial charge in [-0.3, -0.25) is 4.90 Å². The number of nitrogens with zero attached hydrogens (tertiary/aromatic N) is 1. The van der Waals surface area contributed by atoms with E-state index in [4.69, 9.17) is 4.74 Å². The van der Waals surface area contributed by atoms with Crippen molar-refractivity contribution >= 4 is 0 Å². The molecule has 0 amide bonds. The van der Waals surface area contributed by atoms with Gasteiger partial charge in [0, 0.05) is 12.1 Å². The van der Waals surface area contributed by atoms with Gasteiger partial charge in [-0.25, -0.2) is 0 Å². The van der Waals surface area contributed by atoms with E-state index in [-0.39, 0.29) is 0 Å². The number of hydrogen-bond acceptors (Lipinski definition) is 2. The predicted octanol–water partition coefficient (Wildman–Crippen LogP) is 2.68. The first-order valence-electron chi connectivity index (χ1n) is 6.30. The molecule has 2 heteroatoms. The van der Waals surface area contributed by atoms with Gasteiger partial charge in [0.2, 0.25) is 0 Å². The zero-order valence-electron chi connectivity index (χ0n) is 10.7. The summed E-state index contributed by atoms with van der Waals surface area (Å²) in [4.78, 5) is 2.68. The second-order valence-corrected chi connectivity index (χ2v) is 6.45. The Morgan fingerprint density at radius 3 is 2.73 bits per heavy atom. The molecule has 2 fully saturated rings. The molecule has 2 nitrogen and oxygen atoms in total. The van der Waals surface area contributed by atoms with Crippen LogP contribution in [-0.2, 0) is 4.74 Å². The Morgan fingerprint density at radius 2 is 2.07 bits per heavy atom. The standard InChI is InChI=1S/C13H25NO/c1-11(2)15-10-13-6-5-7-14(13)9-12(3,4)8-13/h11H,5-10H2,1-4H3/t13-/m0/s1. The first-order chi connectivity index (χ1) is 6.94. The van der Waals surface area contributed by atoms with Crippen LogP contribution in [0, 0.1) is 5.41 Å². The molecule has 2 aliphatic rings. The monoisotopic (exact) mass is 211 g/mol. The number of rotatable bonds is 3. The molecule has 1 atom stereocenters. The van der Waals surface area contributed by atoms with Crippen molar-refractivity contribution in [3.05, 3.63) is 0 Å². The van der Waals surface area contributed by atoms with E-state index in [1.54, 1.807) is 0 Å². The minimum absolute atomic E-state index is 0.366. The maximum atomic E-state index is 5.88. The van der Waals surface area contributed by atoms with Crippen molar-refractivity contribution in [2.24, 2.45) is 5.41 Å². The molecule has 0 unspecified atom stereocenters. The van der Waals surface area contributed by atoms with E-state index in [0.717, 1.165) is 6.61 Å². The normalized spacial score (nSPS) is 35.0. The average molecular weight is 211 g/mol. The smallest absolute Gasteiger partial charge is 0.0654 e. The van der Waals surface area contributed by atoms with Crippen LogP contribution in [0.25, 0.3) is 0 Å². The quantitative estimate of drug-likeness (QED) is 0.711. The molecule has 0 radical (unpaired) electrons. The summed E-state index contributed by atoms with van der Waals surface area (Å²) in [7, 11) is 0. The van der Waals surface area contributed by atoms with E-state index in [1.807, 2.05) is 0 Å². The maximum Gasteiger partial charge on any atom is 0.0654 e. The van der Waals surface area contributed by atoms with Crippen molar-refractivity contribution in [2.75, 3.05) is 19.7 Å². The molecule has 2 rings (SSSR count). The fraction of sp³-hybridized carbons (Fsp3) is 1.00. The van der Waals surface area contributed by atoms with Crippen LogP contribution < -0.4 is 0 Å². The van der Waals surface area contributed by atoms with Gasteiger partial charge in [-0.15, -0.1) is 0 Å². The third kappa shape index (κ3) is 2.21. The minimum Gasteiger partial charge on any atom is -0.377 e. The van der Waals surface area contributed by atoms with E-state index in [0.29, 0.717) is 17.1 Å². The Balaban J connectivity index is 2.04. The topological polar surface area (TPSA) is 12.5 Å². The molecule has 0 spiro atoms. The summed E-state index contributed by atoms with van der Waals surface area (Å²) in [6.07, 6.45) is 4.37. The van der Waals surface area contributed by atoms with Crippen molar-refractivity contribution in [1.29, 1.82) is 0 Å². The highest BCUT2D eigenvalue weighted by Crippen LogP contribution is 2.47. The summed E-state index contributed by atoms with van der Waals surface area (Å²) in [5, 5.41) is 0. The molecule has 0 N–H and O–H groups in total. The van der Waals surface area contributed by atoms with Crippen molar-refractivity contribution in [3.63, 3.8) is 0 Å². The van der Waals surface area contributed by atoms with Crippen LogP contribution in [0.2, 0.25) is 0 Å². The summed E-state index contributed by atoms with van der Waals surface area (Å²) in [6.45, 7) is 12.5. The second kappa shape index (κ2) is 3.74. The van der Waals surface area contributed by atoms with Gasteiger partial charge < -0.3 is 4.74 Å². The lowest BCUT2D eigenvalue weighted by Crippen LogP contribution is -2.43. The van der Waals surface area contributed by atoms with E-state index in [1.165, 1.54) is 32.4 Å². The molecular weight excluding hydrogens is 186 g/mol. The van der Waals surface area contributed by atoms with Crippen LogP contribution in [-0.4, -0.2) is 36.2 Å². The number of fused-ring (bicyclic) bond motifs is 1. The van der Waals surface area contributed by atoms with Gasteiger partial charge in [0.25, 0.3) is 0 Å². The molecule has 15 heavy (non-hydrogen) atoms. The summed E-state index contributed by atoms with van der Waals surface area (Å²) < 4.78 is 5.88. The van der Waals surface area contributed by atoms with E-state index < -0.39 is 0 Å². The molecule has 0 aromatic rings. The van der Waals surface area contributed by atoms with Crippen LogP contribution in [0.15, 0.2) is 0 Å². The lowest BCUT2D eigenvalue weighted by molar-refractivity contribution is 0.00254. The zero-order valence-corrected chi connectivity index (χ0v) is 10.7.